The molecule has 1 atom stereocenters. The molecule has 0 aromatic heterocycles. The van der Waals surface area contributed by atoms with E-state index in [1.807, 2.05) is 24.3 Å². The minimum absolute atomic E-state index is 0.381. The summed E-state index contributed by atoms with van der Waals surface area (Å²) in [5.74, 6) is 0. The lowest BCUT2D eigenvalue weighted by atomic mass is 10.1. The molecule has 0 bridgehead atoms. The third-order valence-corrected chi connectivity index (χ3v) is 1.67. The summed E-state index contributed by atoms with van der Waals surface area (Å²) in [4.78, 5) is 0.921. The van der Waals surface area contributed by atoms with Gasteiger partial charge in [0.25, 0.3) is 0 Å². The van der Waals surface area contributed by atoms with Gasteiger partial charge in [0.05, 0.1) is 6.10 Å². The van der Waals surface area contributed by atoms with Gasteiger partial charge in [0.1, 0.15) is 0 Å². The van der Waals surface area contributed by atoms with Gasteiger partial charge < -0.3 is 5.11 Å². The zero-order chi connectivity index (χ0) is 7.56. The molecule has 2 heteroatoms. The van der Waals surface area contributed by atoms with E-state index in [9.17, 15) is 0 Å². The molecule has 1 rings (SSSR count). The second-order valence-corrected chi connectivity index (χ2v) is 2.78. The molecular weight excluding hydrogens is 144 g/mol. The van der Waals surface area contributed by atoms with Crippen LogP contribution >= 0.6 is 12.6 Å². The summed E-state index contributed by atoms with van der Waals surface area (Å²) in [5, 5.41) is 9.09. The predicted octanol–water partition coefficient (Wildman–Crippen LogP) is 2.03. The normalized spacial score (nSPS) is 13.1. The van der Waals surface area contributed by atoms with E-state index in [-0.39, 0.29) is 6.10 Å². The smallest absolute Gasteiger partial charge is 0.0761 e. The molecule has 1 nitrogen and oxygen atoms in total. The Morgan fingerprint density at radius 2 is 1.80 bits per heavy atom. The van der Waals surface area contributed by atoms with E-state index in [2.05, 4.69) is 12.6 Å². The number of benzene rings is 1. The van der Waals surface area contributed by atoms with Crippen LogP contribution in [0.5, 0.6) is 0 Å². The monoisotopic (exact) mass is 154 g/mol. The molecule has 0 aliphatic rings. The Morgan fingerprint density at radius 1 is 1.30 bits per heavy atom. The van der Waals surface area contributed by atoms with Gasteiger partial charge in [0.15, 0.2) is 0 Å². The van der Waals surface area contributed by atoms with E-state index in [1.165, 1.54) is 0 Å². The summed E-state index contributed by atoms with van der Waals surface area (Å²) in [6.07, 6.45) is -0.381. The molecule has 0 saturated heterocycles. The zero-order valence-corrected chi connectivity index (χ0v) is 6.68. The Labute approximate surface area is 66.1 Å². The maximum absolute atomic E-state index is 9.09. The van der Waals surface area contributed by atoms with Gasteiger partial charge in [-0.05, 0) is 24.6 Å². The summed E-state index contributed by atoms with van der Waals surface area (Å²) in [6, 6.07) is 7.47. The van der Waals surface area contributed by atoms with Crippen LogP contribution in [0, 0.1) is 0 Å². The topological polar surface area (TPSA) is 20.2 Å². The summed E-state index contributed by atoms with van der Waals surface area (Å²) < 4.78 is 0. The third kappa shape index (κ3) is 1.75. The van der Waals surface area contributed by atoms with Gasteiger partial charge in [-0.25, -0.2) is 0 Å². The molecule has 10 heavy (non-hydrogen) atoms. The zero-order valence-electron chi connectivity index (χ0n) is 5.78. The van der Waals surface area contributed by atoms with Crippen LogP contribution in [0.15, 0.2) is 29.2 Å². The largest absolute Gasteiger partial charge is 0.389 e. The Balaban J connectivity index is 2.89. The van der Waals surface area contributed by atoms with Gasteiger partial charge in [-0.2, -0.15) is 0 Å². The first kappa shape index (κ1) is 7.63. The van der Waals surface area contributed by atoms with E-state index in [0.29, 0.717) is 0 Å². The first-order valence-electron chi connectivity index (χ1n) is 3.17. The summed E-state index contributed by atoms with van der Waals surface area (Å²) >= 11 is 4.12. The van der Waals surface area contributed by atoms with Crippen molar-refractivity contribution >= 4 is 12.6 Å². The van der Waals surface area contributed by atoms with E-state index in [0.717, 1.165) is 10.5 Å². The molecule has 1 aromatic carbocycles. The molecule has 0 aliphatic carbocycles. The second kappa shape index (κ2) is 3.08. The molecule has 54 valence electrons. The van der Waals surface area contributed by atoms with E-state index < -0.39 is 0 Å². The fraction of sp³-hybridized carbons (Fsp3) is 0.250. The van der Waals surface area contributed by atoms with Crippen molar-refractivity contribution in [1.82, 2.24) is 0 Å². The van der Waals surface area contributed by atoms with Crippen LogP contribution in [0.4, 0.5) is 0 Å². The molecule has 1 aromatic rings. The van der Waals surface area contributed by atoms with E-state index in [1.54, 1.807) is 6.92 Å². The molecule has 0 fully saturated rings. The van der Waals surface area contributed by atoms with Crippen LogP contribution in [0.25, 0.3) is 0 Å². The Hall–Kier alpha value is -0.470. The number of rotatable bonds is 1. The average Bonchev–Trinajstić information content (AvgIpc) is 1.88. The van der Waals surface area contributed by atoms with Gasteiger partial charge in [-0.3, -0.25) is 0 Å². The molecule has 0 heterocycles. The average molecular weight is 154 g/mol. The first-order valence-corrected chi connectivity index (χ1v) is 3.62. The molecule has 0 unspecified atom stereocenters. The van der Waals surface area contributed by atoms with Crippen molar-refractivity contribution < 1.29 is 5.11 Å². The van der Waals surface area contributed by atoms with Crippen LogP contribution in [0.3, 0.4) is 0 Å². The van der Waals surface area contributed by atoms with Crippen molar-refractivity contribution in [3.05, 3.63) is 29.8 Å². The maximum atomic E-state index is 9.09. The highest BCUT2D eigenvalue weighted by atomic mass is 32.1. The van der Waals surface area contributed by atoms with Gasteiger partial charge in [0.2, 0.25) is 0 Å². The van der Waals surface area contributed by atoms with Crippen LogP contribution in [-0.4, -0.2) is 5.11 Å². The molecule has 0 saturated carbocycles. The van der Waals surface area contributed by atoms with Crippen LogP contribution in [0.1, 0.15) is 18.6 Å². The lowest BCUT2D eigenvalue weighted by molar-refractivity contribution is 0.199. The number of hydrogen-bond acceptors (Lipinski definition) is 2. The van der Waals surface area contributed by atoms with Gasteiger partial charge in [0, 0.05) is 4.90 Å². The Morgan fingerprint density at radius 3 is 2.20 bits per heavy atom. The number of aliphatic hydroxyl groups is 1. The molecule has 0 radical (unpaired) electrons. The predicted molar refractivity (Wildman–Crippen MR) is 44.3 cm³/mol. The van der Waals surface area contributed by atoms with Gasteiger partial charge >= 0.3 is 0 Å². The molecule has 0 amide bonds. The number of thiol groups is 1. The standard InChI is InChI=1S/C8H10OS/c1-6(9)7-2-4-8(10)5-3-7/h2-6,9-10H,1H3/t6-/m0/s1. The molecule has 0 spiro atoms. The van der Waals surface area contributed by atoms with Crippen LogP contribution < -0.4 is 0 Å². The van der Waals surface area contributed by atoms with Crippen molar-refractivity contribution in [3.8, 4) is 0 Å². The fourth-order valence-corrected chi connectivity index (χ4v) is 0.902. The highest BCUT2D eigenvalue weighted by Crippen LogP contribution is 2.13. The second-order valence-electron chi connectivity index (χ2n) is 2.27. The van der Waals surface area contributed by atoms with Crippen LogP contribution in [0.2, 0.25) is 0 Å². The van der Waals surface area contributed by atoms with Gasteiger partial charge in [-0.15, -0.1) is 12.6 Å². The Bertz CT molecular complexity index is 203. The highest BCUT2D eigenvalue weighted by molar-refractivity contribution is 7.80. The van der Waals surface area contributed by atoms with Crippen molar-refractivity contribution in [2.24, 2.45) is 0 Å². The van der Waals surface area contributed by atoms with Gasteiger partial charge in [-0.1, -0.05) is 12.1 Å². The maximum Gasteiger partial charge on any atom is 0.0761 e. The molecule has 1 N–H and O–H groups in total. The summed E-state index contributed by atoms with van der Waals surface area (Å²) in [6.45, 7) is 1.74. The fourth-order valence-electron chi connectivity index (χ4n) is 0.753. The SMILES string of the molecule is C[C@H](O)c1ccc(S)cc1. The Kier molecular flexibility index (Phi) is 2.35. The van der Waals surface area contributed by atoms with Crippen molar-refractivity contribution in [2.75, 3.05) is 0 Å². The quantitative estimate of drug-likeness (QED) is 0.593. The summed E-state index contributed by atoms with van der Waals surface area (Å²) in [7, 11) is 0. The van der Waals surface area contributed by atoms with Crippen molar-refractivity contribution in [1.29, 1.82) is 0 Å². The minimum atomic E-state index is -0.381. The molecular formula is C8H10OS. The third-order valence-electron chi connectivity index (χ3n) is 1.38. The molecule has 0 aliphatic heterocycles. The summed E-state index contributed by atoms with van der Waals surface area (Å²) in [5.41, 5.74) is 0.929. The first-order chi connectivity index (χ1) is 4.70. The van der Waals surface area contributed by atoms with Crippen molar-refractivity contribution in [2.45, 2.75) is 17.9 Å². The highest BCUT2D eigenvalue weighted by Gasteiger charge is 1.97. The van der Waals surface area contributed by atoms with E-state index in [4.69, 9.17) is 5.11 Å². The lowest BCUT2D eigenvalue weighted by Crippen LogP contribution is -1.88. The number of aliphatic hydroxyl groups excluding tert-OH is 1. The van der Waals surface area contributed by atoms with Crippen molar-refractivity contribution in [3.63, 3.8) is 0 Å². The lowest BCUT2D eigenvalue weighted by Gasteiger charge is -2.02. The minimum Gasteiger partial charge on any atom is -0.389 e. The van der Waals surface area contributed by atoms with Crippen LogP contribution in [-0.2, 0) is 0 Å². The number of hydrogen-bond donors (Lipinski definition) is 2. The van der Waals surface area contributed by atoms with E-state index >= 15 is 0 Å².